The average Bonchev–Trinajstić information content (AvgIpc) is 3.05. The highest BCUT2D eigenvalue weighted by Gasteiger charge is 2.26. The van der Waals surface area contributed by atoms with Crippen LogP contribution in [0.1, 0.15) is 39.9 Å². The Bertz CT molecular complexity index is 788. The van der Waals surface area contributed by atoms with Crippen molar-refractivity contribution in [1.29, 1.82) is 0 Å². The second-order valence-electron chi connectivity index (χ2n) is 6.35. The van der Waals surface area contributed by atoms with E-state index in [4.69, 9.17) is 9.82 Å². The molecule has 134 valence electrons. The molecule has 0 aliphatic heterocycles. The van der Waals surface area contributed by atoms with E-state index in [1.54, 1.807) is 7.05 Å². The van der Waals surface area contributed by atoms with Gasteiger partial charge in [-0.15, -0.1) is 11.3 Å². The number of amides is 1. The molecule has 0 saturated carbocycles. The highest BCUT2D eigenvalue weighted by molar-refractivity contribution is 7.15. The highest BCUT2D eigenvalue weighted by atomic mass is 32.1. The molecule has 1 aliphatic rings. The quantitative estimate of drug-likeness (QED) is 0.848. The average molecular weight is 361 g/mol. The maximum atomic E-state index is 12.8. The van der Waals surface area contributed by atoms with Gasteiger partial charge in [0.05, 0.1) is 29.3 Å². The van der Waals surface area contributed by atoms with Crippen LogP contribution in [0.5, 0.6) is 0 Å². The molecule has 1 unspecified atom stereocenters. The van der Waals surface area contributed by atoms with Crippen LogP contribution in [0.2, 0.25) is 0 Å². The number of hydroxylamine groups is 2. The Labute approximate surface area is 151 Å². The molecule has 1 aromatic carbocycles. The van der Waals surface area contributed by atoms with Crippen LogP contribution in [0.15, 0.2) is 18.2 Å². The lowest BCUT2D eigenvalue weighted by Crippen LogP contribution is -2.26. The second-order valence-corrected chi connectivity index (χ2v) is 7.38. The van der Waals surface area contributed by atoms with Crippen molar-refractivity contribution in [2.45, 2.75) is 25.4 Å². The number of carbonyl (C=O) groups is 1. The maximum absolute atomic E-state index is 12.8. The van der Waals surface area contributed by atoms with Crippen LogP contribution in [0, 0.1) is 0 Å². The highest BCUT2D eigenvalue weighted by Crippen LogP contribution is 2.39. The van der Waals surface area contributed by atoms with Gasteiger partial charge in [0.15, 0.2) is 0 Å². The molecule has 1 aromatic heterocycles. The Morgan fingerprint density at radius 2 is 2.12 bits per heavy atom. The molecule has 2 aromatic rings. The van der Waals surface area contributed by atoms with Gasteiger partial charge < -0.3 is 10.0 Å². The summed E-state index contributed by atoms with van der Waals surface area (Å²) in [6.07, 6.45) is 2.14. The van der Waals surface area contributed by atoms with Gasteiger partial charge in [-0.3, -0.25) is 9.63 Å². The van der Waals surface area contributed by atoms with Crippen molar-refractivity contribution in [3.63, 3.8) is 0 Å². The number of aromatic nitrogens is 1. The fourth-order valence-corrected chi connectivity index (χ4v) is 4.11. The molecule has 1 amide bonds. The van der Waals surface area contributed by atoms with E-state index in [0.29, 0.717) is 5.56 Å². The van der Waals surface area contributed by atoms with Crippen LogP contribution < -0.4 is 4.90 Å². The number of nitrogens with zero attached hydrogens (tertiary/aromatic N) is 3. The summed E-state index contributed by atoms with van der Waals surface area (Å²) in [6, 6.07) is 5.74. The maximum Gasteiger partial charge on any atom is 0.277 e. The molecular weight excluding hydrogens is 338 g/mol. The monoisotopic (exact) mass is 361 g/mol. The molecule has 3 rings (SSSR count). The minimum Gasteiger partial charge on any atom is -0.388 e. The minimum absolute atomic E-state index is 0.227. The van der Waals surface area contributed by atoms with E-state index < -0.39 is 6.10 Å². The second kappa shape index (κ2) is 7.11. The van der Waals surface area contributed by atoms with Crippen molar-refractivity contribution in [3.8, 4) is 10.6 Å². The summed E-state index contributed by atoms with van der Waals surface area (Å²) in [7, 11) is 6.92. The number of benzene rings is 1. The third kappa shape index (κ3) is 3.40. The number of aryl methyl sites for hydroxylation is 1. The summed E-state index contributed by atoms with van der Waals surface area (Å²) in [5.41, 5.74) is 3.19. The molecule has 7 heteroatoms. The molecule has 0 saturated heterocycles. The van der Waals surface area contributed by atoms with E-state index in [2.05, 4.69) is 0 Å². The Balaban J connectivity index is 2.10. The Kier molecular flexibility index (Phi) is 5.08. The van der Waals surface area contributed by atoms with Gasteiger partial charge in [-0.1, -0.05) is 0 Å². The van der Waals surface area contributed by atoms with E-state index in [0.717, 1.165) is 46.1 Å². The number of aliphatic hydroxyl groups is 1. The van der Waals surface area contributed by atoms with Crippen LogP contribution in [0.25, 0.3) is 10.6 Å². The van der Waals surface area contributed by atoms with Gasteiger partial charge in [0, 0.05) is 32.4 Å². The molecule has 0 fully saturated rings. The predicted octanol–water partition coefficient (Wildman–Crippen LogP) is 2.88. The van der Waals surface area contributed by atoms with Crippen molar-refractivity contribution in [2.75, 3.05) is 33.2 Å². The summed E-state index contributed by atoms with van der Waals surface area (Å²) in [4.78, 5) is 25.4. The predicted molar refractivity (Wildman–Crippen MR) is 98.9 cm³/mol. The van der Waals surface area contributed by atoms with Crippen LogP contribution in [0.4, 0.5) is 5.69 Å². The number of aliphatic hydroxyl groups excluding tert-OH is 1. The number of fused-ring (bicyclic) bond motifs is 1. The van der Waals surface area contributed by atoms with Crippen molar-refractivity contribution in [3.05, 3.63) is 34.3 Å². The Morgan fingerprint density at radius 3 is 2.76 bits per heavy atom. The van der Waals surface area contributed by atoms with E-state index in [-0.39, 0.29) is 5.91 Å². The van der Waals surface area contributed by atoms with Crippen molar-refractivity contribution in [2.24, 2.45) is 0 Å². The summed E-state index contributed by atoms with van der Waals surface area (Å²) in [6.45, 7) is 0. The molecule has 1 aliphatic carbocycles. The number of hydrogen-bond donors (Lipinski definition) is 1. The van der Waals surface area contributed by atoms with Gasteiger partial charge in [0.2, 0.25) is 0 Å². The molecule has 1 N–H and O–H groups in total. The van der Waals surface area contributed by atoms with Gasteiger partial charge >= 0.3 is 0 Å². The van der Waals surface area contributed by atoms with E-state index in [9.17, 15) is 9.90 Å². The molecular formula is C18H23N3O3S. The third-order valence-corrected chi connectivity index (χ3v) is 5.69. The number of carbonyl (C=O) groups excluding carboxylic acids is 1. The summed E-state index contributed by atoms with van der Waals surface area (Å²) < 4.78 is 0. The smallest absolute Gasteiger partial charge is 0.277 e. The zero-order valence-electron chi connectivity index (χ0n) is 14.9. The van der Waals surface area contributed by atoms with E-state index >= 15 is 0 Å². The standard InChI is InChI=1S/C18H23N3O3S/c1-20(2)11-8-9-12(13(10-11)18(23)21(3)24-4)17-19-14-6-5-7-15(22)16(14)25-17/h8-10,15,22H,5-7H2,1-4H3. The summed E-state index contributed by atoms with van der Waals surface area (Å²) in [5.74, 6) is -0.227. The molecule has 1 atom stereocenters. The first-order chi connectivity index (χ1) is 11.9. The molecule has 0 radical (unpaired) electrons. The minimum atomic E-state index is -0.447. The lowest BCUT2D eigenvalue weighted by Gasteiger charge is -2.19. The normalized spacial score (nSPS) is 16.4. The first-order valence-corrected chi connectivity index (χ1v) is 9.05. The molecule has 1 heterocycles. The topological polar surface area (TPSA) is 65.9 Å². The van der Waals surface area contributed by atoms with Crippen molar-refractivity contribution in [1.82, 2.24) is 10.0 Å². The van der Waals surface area contributed by atoms with Gasteiger partial charge in [0.1, 0.15) is 5.01 Å². The SMILES string of the molecule is CON(C)C(=O)c1cc(N(C)C)ccc1-c1nc2c(s1)C(O)CCC2. The fourth-order valence-electron chi connectivity index (χ4n) is 2.94. The first kappa shape index (κ1) is 17.8. The third-order valence-electron chi connectivity index (χ3n) is 4.46. The lowest BCUT2D eigenvalue weighted by atomic mass is 10.0. The molecule has 0 bridgehead atoms. The number of thiazole rings is 1. The van der Waals surface area contributed by atoms with Crippen LogP contribution >= 0.6 is 11.3 Å². The molecule has 25 heavy (non-hydrogen) atoms. The van der Waals surface area contributed by atoms with Gasteiger partial charge in [-0.25, -0.2) is 10.0 Å². The van der Waals surface area contributed by atoms with E-state index in [1.807, 2.05) is 37.2 Å². The fraction of sp³-hybridized carbons (Fsp3) is 0.444. The Morgan fingerprint density at radius 1 is 1.36 bits per heavy atom. The number of anilines is 1. The van der Waals surface area contributed by atoms with E-state index in [1.165, 1.54) is 23.5 Å². The van der Waals surface area contributed by atoms with Crippen LogP contribution in [-0.2, 0) is 11.3 Å². The summed E-state index contributed by atoms with van der Waals surface area (Å²) >= 11 is 1.48. The molecule has 6 nitrogen and oxygen atoms in total. The zero-order chi connectivity index (χ0) is 18.1. The van der Waals surface area contributed by atoms with Gasteiger partial charge in [0.25, 0.3) is 5.91 Å². The van der Waals surface area contributed by atoms with Crippen molar-refractivity contribution < 1.29 is 14.7 Å². The molecule has 0 spiro atoms. The number of rotatable bonds is 4. The summed E-state index contributed by atoms with van der Waals surface area (Å²) in [5, 5.41) is 12.2. The van der Waals surface area contributed by atoms with Gasteiger partial charge in [-0.05, 0) is 37.5 Å². The van der Waals surface area contributed by atoms with Crippen LogP contribution in [0.3, 0.4) is 0 Å². The first-order valence-electron chi connectivity index (χ1n) is 8.24. The largest absolute Gasteiger partial charge is 0.388 e. The van der Waals surface area contributed by atoms with Crippen LogP contribution in [-0.4, -0.2) is 49.3 Å². The zero-order valence-corrected chi connectivity index (χ0v) is 15.8. The van der Waals surface area contributed by atoms with Gasteiger partial charge in [-0.2, -0.15) is 0 Å². The lowest BCUT2D eigenvalue weighted by molar-refractivity contribution is -0.0756. The Hall–Kier alpha value is -1.96. The van der Waals surface area contributed by atoms with Crippen molar-refractivity contribution >= 4 is 22.9 Å². The number of hydrogen-bond acceptors (Lipinski definition) is 6.